The molecule has 1 saturated heterocycles. The first-order valence-electron chi connectivity index (χ1n) is 10.0. The largest absolute Gasteiger partial charge is 0.378 e. The number of amides is 4. The zero-order chi connectivity index (χ0) is 25.3. The van der Waals surface area contributed by atoms with Crippen molar-refractivity contribution in [1.82, 2.24) is 5.32 Å². The van der Waals surface area contributed by atoms with Crippen LogP contribution in [0.25, 0.3) is 6.08 Å². The monoisotopic (exact) mass is 574 g/mol. The van der Waals surface area contributed by atoms with E-state index >= 15 is 0 Å². The number of carbonyl (C=O) groups is 3. The third-order valence-electron chi connectivity index (χ3n) is 5.02. The molecule has 1 fully saturated rings. The molecule has 8 nitrogen and oxygen atoms in total. The molecule has 0 aliphatic carbocycles. The fraction of sp³-hybridized carbons (Fsp3) is 0.0417. The van der Waals surface area contributed by atoms with Crippen molar-refractivity contribution in [2.45, 2.75) is 11.8 Å². The van der Waals surface area contributed by atoms with Crippen LogP contribution in [0.4, 0.5) is 10.5 Å². The lowest BCUT2D eigenvalue weighted by Gasteiger charge is -2.26. The summed E-state index contributed by atoms with van der Waals surface area (Å²) in [6, 6.07) is 15.6. The lowest BCUT2D eigenvalue weighted by Crippen LogP contribution is -2.54. The zero-order valence-corrected chi connectivity index (χ0v) is 21.1. The smallest absolute Gasteiger partial charge is 0.339 e. The van der Waals surface area contributed by atoms with Crippen molar-refractivity contribution in [2.24, 2.45) is 0 Å². The number of hydrogen-bond donors (Lipinski definition) is 1. The van der Waals surface area contributed by atoms with Crippen LogP contribution in [0.3, 0.4) is 0 Å². The summed E-state index contributed by atoms with van der Waals surface area (Å²) in [5.74, 6) is -1.96. The van der Waals surface area contributed by atoms with Crippen molar-refractivity contribution >= 4 is 67.3 Å². The highest BCUT2D eigenvalue weighted by molar-refractivity contribution is 9.10. The molecule has 1 N–H and O–H groups in total. The molecule has 1 heterocycles. The molecule has 0 unspecified atom stereocenters. The quantitative estimate of drug-likeness (QED) is 0.265. The molecule has 4 rings (SSSR count). The van der Waals surface area contributed by atoms with Crippen LogP contribution in [0.5, 0.6) is 5.75 Å². The average Bonchev–Trinajstić information content (AvgIpc) is 2.81. The first-order valence-corrected chi connectivity index (χ1v) is 12.6. The van der Waals surface area contributed by atoms with Crippen LogP contribution < -0.4 is 14.4 Å². The van der Waals surface area contributed by atoms with Gasteiger partial charge in [-0.1, -0.05) is 51.8 Å². The van der Waals surface area contributed by atoms with E-state index < -0.39 is 33.5 Å². The Bertz CT molecular complexity index is 1510. The number of benzene rings is 3. The zero-order valence-electron chi connectivity index (χ0n) is 18.0. The number of nitrogens with zero attached hydrogens (tertiary/aromatic N) is 1. The van der Waals surface area contributed by atoms with E-state index in [1.807, 2.05) is 0 Å². The van der Waals surface area contributed by atoms with Crippen LogP contribution in [-0.4, -0.2) is 26.3 Å². The summed E-state index contributed by atoms with van der Waals surface area (Å²) < 4.78 is 31.3. The number of carbonyl (C=O) groups excluding carboxylic acids is 3. The van der Waals surface area contributed by atoms with Gasteiger partial charge in [0.15, 0.2) is 0 Å². The molecule has 0 saturated carbocycles. The third kappa shape index (κ3) is 5.14. The van der Waals surface area contributed by atoms with Gasteiger partial charge in [0.1, 0.15) is 16.2 Å². The molecule has 0 radical (unpaired) electrons. The highest BCUT2D eigenvalue weighted by atomic mass is 79.9. The Balaban J connectivity index is 1.76. The molecule has 4 amide bonds. The third-order valence-corrected chi connectivity index (χ3v) is 7.17. The van der Waals surface area contributed by atoms with Gasteiger partial charge in [-0.05, 0) is 61.0 Å². The van der Waals surface area contributed by atoms with Gasteiger partial charge in [0.05, 0.1) is 5.69 Å². The van der Waals surface area contributed by atoms with E-state index in [2.05, 4.69) is 21.2 Å². The number of halogens is 2. The van der Waals surface area contributed by atoms with Gasteiger partial charge in [-0.3, -0.25) is 14.9 Å². The van der Waals surface area contributed by atoms with Crippen LogP contribution in [0.15, 0.2) is 81.7 Å². The van der Waals surface area contributed by atoms with Gasteiger partial charge in [-0.15, -0.1) is 0 Å². The molecular weight excluding hydrogens is 560 g/mol. The SMILES string of the molecule is Cc1ccc(N2C(=O)NC(=O)/C(=C\c3cc(Br)ccc3OS(=O)(=O)c3ccccc3)C2=O)cc1Cl. The van der Waals surface area contributed by atoms with E-state index in [-0.39, 0.29) is 21.9 Å². The highest BCUT2D eigenvalue weighted by Crippen LogP contribution is 2.31. The molecular formula is C24H16BrClN2O6S. The molecule has 0 spiro atoms. The predicted octanol–water partition coefficient (Wildman–Crippen LogP) is 4.85. The second kappa shape index (κ2) is 9.65. The second-order valence-corrected chi connectivity index (χ2v) is 10.3. The van der Waals surface area contributed by atoms with Gasteiger partial charge < -0.3 is 4.18 Å². The number of nitrogens with one attached hydrogen (secondary N) is 1. The van der Waals surface area contributed by atoms with Gasteiger partial charge in [-0.2, -0.15) is 8.42 Å². The Hall–Kier alpha value is -3.47. The molecule has 3 aromatic rings. The van der Waals surface area contributed by atoms with Crippen molar-refractivity contribution < 1.29 is 27.0 Å². The number of rotatable bonds is 5. The topological polar surface area (TPSA) is 110 Å². The Morgan fingerprint density at radius 2 is 1.71 bits per heavy atom. The first kappa shape index (κ1) is 24.6. The minimum absolute atomic E-state index is 0.0685. The summed E-state index contributed by atoms with van der Waals surface area (Å²) in [7, 11) is -4.20. The molecule has 0 atom stereocenters. The van der Waals surface area contributed by atoms with Crippen molar-refractivity contribution in [3.05, 3.63) is 92.9 Å². The molecule has 11 heteroatoms. The van der Waals surface area contributed by atoms with Crippen LogP contribution in [0.2, 0.25) is 5.02 Å². The number of aryl methyl sites for hydroxylation is 1. The van der Waals surface area contributed by atoms with Crippen LogP contribution in [0, 0.1) is 6.92 Å². The Morgan fingerprint density at radius 3 is 2.40 bits per heavy atom. The molecule has 0 aromatic heterocycles. The Kier molecular flexibility index (Phi) is 6.79. The van der Waals surface area contributed by atoms with Gasteiger partial charge in [0.25, 0.3) is 11.8 Å². The number of urea groups is 1. The van der Waals surface area contributed by atoms with Crippen molar-refractivity contribution in [3.8, 4) is 5.75 Å². The fourth-order valence-corrected chi connectivity index (χ4v) is 4.76. The first-order chi connectivity index (χ1) is 16.6. The fourth-order valence-electron chi connectivity index (χ4n) is 3.23. The molecule has 1 aliphatic rings. The van der Waals surface area contributed by atoms with E-state index in [1.165, 1.54) is 36.4 Å². The van der Waals surface area contributed by atoms with E-state index in [9.17, 15) is 22.8 Å². The highest BCUT2D eigenvalue weighted by Gasteiger charge is 2.37. The van der Waals surface area contributed by atoms with Crippen LogP contribution >= 0.6 is 27.5 Å². The summed E-state index contributed by atoms with van der Waals surface area (Å²) in [6.45, 7) is 1.76. The summed E-state index contributed by atoms with van der Waals surface area (Å²) in [5, 5.41) is 2.45. The summed E-state index contributed by atoms with van der Waals surface area (Å²) in [5.41, 5.74) is 0.622. The minimum Gasteiger partial charge on any atom is -0.378 e. The van der Waals surface area contributed by atoms with E-state index in [0.717, 1.165) is 16.5 Å². The lowest BCUT2D eigenvalue weighted by molar-refractivity contribution is -0.122. The van der Waals surface area contributed by atoms with Crippen LogP contribution in [0.1, 0.15) is 11.1 Å². The minimum atomic E-state index is -4.20. The Labute approximate surface area is 214 Å². The van der Waals surface area contributed by atoms with Crippen molar-refractivity contribution in [2.75, 3.05) is 4.90 Å². The number of anilines is 1. The van der Waals surface area contributed by atoms with E-state index in [1.54, 1.807) is 37.3 Å². The molecule has 178 valence electrons. The van der Waals surface area contributed by atoms with Crippen LogP contribution in [-0.2, 0) is 19.7 Å². The average molecular weight is 576 g/mol. The van der Waals surface area contributed by atoms with Gasteiger partial charge in [-0.25, -0.2) is 9.69 Å². The summed E-state index contributed by atoms with van der Waals surface area (Å²) in [4.78, 5) is 39.0. The summed E-state index contributed by atoms with van der Waals surface area (Å²) in [6.07, 6.45) is 1.16. The maximum absolute atomic E-state index is 13.2. The Morgan fingerprint density at radius 1 is 1.00 bits per heavy atom. The maximum Gasteiger partial charge on any atom is 0.339 e. The van der Waals surface area contributed by atoms with Gasteiger partial charge in [0.2, 0.25) is 0 Å². The number of imide groups is 2. The van der Waals surface area contributed by atoms with Crippen molar-refractivity contribution in [1.29, 1.82) is 0 Å². The number of hydrogen-bond acceptors (Lipinski definition) is 6. The van der Waals surface area contributed by atoms with E-state index in [4.69, 9.17) is 15.8 Å². The second-order valence-electron chi connectivity index (χ2n) is 7.42. The van der Waals surface area contributed by atoms with Gasteiger partial charge in [0, 0.05) is 15.1 Å². The molecule has 35 heavy (non-hydrogen) atoms. The maximum atomic E-state index is 13.2. The normalized spacial score (nSPS) is 15.3. The van der Waals surface area contributed by atoms with Gasteiger partial charge >= 0.3 is 16.1 Å². The standard InChI is InChI=1S/C24H16BrClN2O6S/c1-14-7-9-17(13-20(14)26)28-23(30)19(22(29)27-24(28)31)12-15-11-16(25)8-10-21(15)34-35(32,33)18-5-3-2-4-6-18/h2-13H,1H3,(H,27,29,31)/b19-12+. The number of barbiturate groups is 1. The molecule has 1 aliphatic heterocycles. The van der Waals surface area contributed by atoms with E-state index in [0.29, 0.717) is 9.50 Å². The predicted molar refractivity (Wildman–Crippen MR) is 134 cm³/mol. The molecule has 0 bridgehead atoms. The lowest BCUT2D eigenvalue weighted by atomic mass is 10.1. The molecule has 3 aromatic carbocycles. The van der Waals surface area contributed by atoms with Crippen molar-refractivity contribution in [3.63, 3.8) is 0 Å². The summed E-state index contributed by atoms with van der Waals surface area (Å²) >= 11 is 9.43.